The quantitative estimate of drug-likeness (QED) is 0.670. The lowest BCUT2D eigenvalue weighted by Gasteiger charge is -2.10. The third kappa shape index (κ3) is 3.83. The Labute approximate surface area is 162 Å². The molecule has 138 valence electrons. The number of aromatic nitrogens is 1. The van der Waals surface area contributed by atoms with Crippen LogP contribution in [0.3, 0.4) is 0 Å². The van der Waals surface area contributed by atoms with Crippen LogP contribution in [0.1, 0.15) is 16.7 Å². The maximum Gasteiger partial charge on any atom is 0.297 e. The molecule has 1 N–H and O–H groups in total. The molecule has 0 unspecified atom stereocenters. The Bertz CT molecular complexity index is 1040. The number of ether oxygens (including phenoxy) is 1. The third-order valence-corrected chi connectivity index (χ3v) is 4.50. The molecule has 1 amide bonds. The summed E-state index contributed by atoms with van der Waals surface area (Å²) in [6.07, 6.45) is 3.96. The number of anilines is 1. The number of carbonyl (C=O) groups excluding carboxylic acids is 2. The van der Waals surface area contributed by atoms with Crippen LogP contribution in [-0.4, -0.2) is 16.7 Å². The van der Waals surface area contributed by atoms with E-state index in [2.05, 4.69) is 10.3 Å². The number of carbonyl (C=O) groups is 2. The van der Waals surface area contributed by atoms with Gasteiger partial charge in [-0.2, -0.15) is 0 Å². The first-order valence-corrected chi connectivity index (χ1v) is 8.97. The van der Waals surface area contributed by atoms with Crippen molar-refractivity contribution >= 4 is 23.1 Å². The van der Waals surface area contributed by atoms with Gasteiger partial charge in [0.1, 0.15) is 18.2 Å². The Balaban J connectivity index is 1.48. The number of hydrogen-bond acceptors (Lipinski definition) is 4. The zero-order chi connectivity index (χ0) is 19.3. The van der Waals surface area contributed by atoms with Crippen LogP contribution >= 0.6 is 0 Å². The molecule has 0 saturated carbocycles. The Hall–Kier alpha value is -3.73. The van der Waals surface area contributed by atoms with Gasteiger partial charge < -0.3 is 10.1 Å². The van der Waals surface area contributed by atoms with Crippen molar-refractivity contribution < 1.29 is 14.3 Å². The maximum absolute atomic E-state index is 12.7. The van der Waals surface area contributed by atoms with Crippen molar-refractivity contribution in [2.45, 2.75) is 13.0 Å². The maximum atomic E-state index is 12.7. The lowest BCUT2D eigenvalue weighted by atomic mass is 10.0. The molecule has 0 spiro atoms. The van der Waals surface area contributed by atoms with Crippen LogP contribution in [0.15, 0.2) is 79.0 Å². The first kappa shape index (κ1) is 17.7. The molecule has 5 heteroatoms. The van der Waals surface area contributed by atoms with Crippen molar-refractivity contribution in [2.24, 2.45) is 0 Å². The average Bonchev–Trinajstić information content (AvgIpc) is 3.16. The van der Waals surface area contributed by atoms with Gasteiger partial charge in [0, 0.05) is 11.8 Å². The van der Waals surface area contributed by atoms with Crippen molar-refractivity contribution in [3.05, 3.63) is 95.7 Å². The number of rotatable bonds is 6. The molecule has 3 aromatic rings. The van der Waals surface area contributed by atoms with Crippen LogP contribution in [0.5, 0.6) is 5.75 Å². The molecule has 5 nitrogen and oxygen atoms in total. The number of benzene rings is 2. The Morgan fingerprint density at radius 3 is 2.61 bits per heavy atom. The van der Waals surface area contributed by atoms with E-state index in [0.717, 1.165) is 16.7 Å². The van der Waals surface area contributed by atoms with Gasteiger partial charge in [-0.25, -0.2) is 4.98 Å². The SMILES string of the molecule is O=C(Nc1ccccn1)C(=O)C1=CCc2ccc(OCc3ccccc3)cc21. The number of nitrogens with zero attached hydrogens (tertiary/aromatic N) is 1. The average molecular weight is 370 g/mol. The second kappa shape index (κ2) is 7.88. The highest BCUT2D eigenvalue weighted by Crippen LogP contribution is 2.32. The summed E-state index contributed by atoms with van der Waals surface area (Å²) in [7, 11) is 0. The fraction of sp³-hybridized carbons (Fsp3) is 0.0870. The summed E-state index contributed by atoms with van der Waals surface area (Å²) in [5, 5.41) is 2.54. The van der Waals surface area contributed by atoms with Crippen LogP contribution in [-0.2, 0) is 22.6 Å². The van der Waals surface area contributed by atoms with E-state index in [1.807, 2.05) is 48.5 Å². The first-order chi connectivity index (χ1) is 13.7. The number of fused-ring (bicyclic) bond motifs is 1. The lowest BCUT2D eigenvalue weighted by Crippen LogP contribution is -2.23. The largest absolute Gasteiger partial charge is 0.489 e. The van der Waals surface area contributed by atoms with E-state index in [0.29, 0.717) is 30.2 Å². The highest BCUT2D eigenvalue weighted by atomic mass is 16.5. The summed E-state index contributed by atoms with van der Waals surface area (Å²) in [6, 6.07) is 20.6. The minimum atomic E-state index is -0.701. The molecule has 1 aliphatic rings. The number of allylic oxidation sites excluding steroid dienone is 1. The molecule has 1 aliphatic carbocycles. The van der Waals surface area contributed by atoms with Crippen molar-refractivity contribution in [1.29, 1.82) is 0 Å². The predicted octanol–water partition coefficient (Wildman–Crippen LogP) is 3.81. The van der Waals surface area contributed by atoms with E-state index in [4.69, 9.17) is 4.74 Å². The number of pyridine rings is 1. The summed E-state index contributed by atoms with van der Waals surface area (Å²) in [5.74, 6) is -0.272. The smallest absolute Gasteiger partial charge is 0.297 e. The van der Waals surface area contributed by atoms with Crippen LogP contribution < -0.4 is 10.1 Å². The van der Waals surface area contributed by atoms with Gasteiger partial charge in [0.2, 0.25) is 0 Å². The van der Waals surface area contributed by atoms with E-state index in [9.17, 15) is 9.59 Å². The van der Waals surface area contributed by atoms with E-state index >= 15 is 0 Å². The molecule has 0 saturated heterocycles. The number of nitrogens with one attached hydrogen (secondary N) is 1. The third-order valence-electron chi connectivity index (χ3n) is 4.50. The van der Waals surface area contributed by atoms with Crippen LogP contribution in [0.4, 0.5) is 5.82 Å². The van der Waals surface area contributed by atoms with Crippen LogP contribution in [0, 0.1) is 0 Å². The van der Waals surface area contributed by atoms with Crippen molar-refractivity contribution in [2.75, 3.05) is 5.32 Å². The van der Waals surface area contributed by atoms with Gasteiger partial charge in [-0.1, -0.05) is 48.5 Å². The lowest BCUT2D eigenvalue weighted by molar-refractivity contribution is -0.131. The second-order valence-corrected chi connectivity index (χ2v) is 6.41. The van der Waals surface area contributed by atoms with Crippen molar-refractivity contribution in [1.82, 2.24) is 4.98 Å². The molecule has 1 heterocycles. The van der Waals surface area contributed by atoms with Gasteiger partial charge in [-0.3, -0.25) is 9.59 Å². The molecule has 0 bridgehead atoms. The summed E-state index contributed by atoms with van der Waals surface area (Å²) >= 11 is 0. The summed E-state index contributed by atoms with van der Waals surface area (Å²) in [5.41, 5.74) is 3.20. The first-order valence-electron chi connectivity index (χ1n) is 8.97. The summed E-state index contributed by atoms with van der Waals surface area (Å²) in [6.45, 7) is 0.437. The molecule has 0 atom stereocenters. The van der Waals surface area contributed by atoms with Gasteiger partial charge in [0.15, 0.2) is 0 Å². The van der Waals surface area contributed by atoms with Crippen LogP contribution in [0.2, 0.25) is 0 Å². The van der Waals surface area contributed by atoms with Gasteiger partial charge in [0.25, 0.3) is 11.7 Å². The van der Waals surface area contributed by atoms with Gasteiger partial charge >= 0.3 is 0 Å². The standard InChI is InChI=1S/C23H18N2O3/c26-22(23(27)25-21-8-4-5-13-24-21)19-12-10-17-9-11-18(14-20(17)19)28-15-16-6-2-1-3-7-16/h1-9,11-14H,10,15H2,(H,24,25,27). The summed E-state index contributed by atoms with van der Waals surface area (Å²) in [4.78, 5) is 29.0. The minimum absolute atomic E-state index is 0.347. The zero-order valence-corrected chi connectivity index (χ0v) is 15.1. The van der Waals surface area contributed by atoms with Crippen LogP contribution in [0.25, 0.3) is 5.57 Å². The summed E-state index contributed by atoms with van der Waals surface area (Å²) < 4.78 is 5.85. The molecule has 4 rings (SSSR count). The van der Waals surface area contributed by atoms with E-state index in [1.54, 1.807) is 30.5 Å². The molecular formula is C23H18N2O3. The monoisotopic (exact) mass is 370 g/mol. The Kier molecular flexibility index (Phi) is 4.97. The second-order valence-electron chi connectivity index (χ2n) is 6.41. The number of amides is 1. The molecule has 0 fully saturated rings. The Morgan fingerprint density at radius 2 is 1.82 bits per heavy atom. The topological polar surface area (TPSA) is 68.3 Å². The number of Topliss-reactive ketones (excluding diaryl/α,β-unsaturated/α-hetero) is 1. The molecule has 0 radical (unpaired) electrons. The fourth-order valence-electron chi connectivity index (χ4n) is 3.08. The zero-order valence-electron chi connectivity index (χ0n) is 15.1. The highest BCUT2D eigenvalue weighted by Gasteiger charge is 2.26. The molecule has 0 aliphatic heterocycles. The fourth-order valence-corrected chi connectivity index (χ4v) is 3.08. The molecular weight excluding hydrogens is 352 g/mol. The van der Waals surface area contributed by atoms with Crippen molar-refractivity contribution in [3.8, 4) is 5.75 Å². The predicted molar refractivity (Wildman–Crippen MR) is 107 cm³/mol. The van der Waals surface area contributed by atoms with Gasteiger partial charge in [-0.05, 0) is 47.4 Å². The van der Waals surface area contributed by atoms with E-state index in [1.165, 1.54) is 0 Å². The molecule has 2 aromatic carbocycles. The normalized spacial score (nSPS) is 12.1. The van der Waals surface area contributed by atoms with Gasteiger partial charge in [-0.15, -0.1) is 0 Å². The number of ketones is 1. The highest BCUT2D eigenvalue weighted by molar-refractivity contribution is 6.56. The van der Waals surface area contributed by atoms with Gasteiger partial charge in [0.05, 0.1) is 0 Å². The Morgan fingerprint density at radius 1 is 1.00 bits per heavy atom. The minimum Gasteiger partial charge on any atom is -0.489 e. The molecule has 28 heavy (non-hydrogen) atoms. The number of hydrogen-bond donors (Lipinski definition) is 1. The van der Waals surface area contributed by atoms with E-state index < -0.39 is 11.7 Å². The van der Waals surface area contributed by atoms with Crippen molar-refractivity contribution in [3.63, 3.8) is 0 Å². The van der Waals surface area contributed by atoms with E-state index in [-0.39, 0.29) is 0 Å². The molecule has 1 aromatic heterocycles.